The minimum Gasteiger partial charge on any atom is -0.489 e. The lowest BCUT2D eigenvalue weighted by molar-refractivity contribution is 0.0942. The Labute approximate surface area is 107 Å². The summed E-state index contributed by atoms with van der Waals surface area (Å²) in [5.41, 5.74) is 5.68. The highest BCUT2D eigenvalue weighted by molar-refractivity contribution is 6.42. The number of halogens is 2. The Morgan fingerprint density at radius 1 is 1.25 bits per heavy atom. The highest BCUT2D eigenvalue weighted by Crippen LogP contribution is 2.29. The third kappa shape index (κ3) is 3.55. The Kier molecular flexibility index (Phi) is 4.48. The molecule has 0 saturated heterocycles. The summed E-state index contributed by atoms with van der Waals surface area (Å²) < 4.78 is 5.80. The Bertz CT molecular complexity index is 361. The van der Waals surface area contributed by atoms with Gasteiger partial charge in [0.05, 0.1) is 10.0 Å². The van der Waals surface area contributed by atoms with Gasteiger partial charge in [-0.25, -0.2) is 0 Å². The summed E-state index contributed by atoms with van der Waals surface area (Å²) in [7, 11) is 0. The number of ether oxygens (including phenoxy) is 1. The molecule has 16 heavy (non-hydrogen) atoms. The van der Waals surface area contributed by atoms with E-state index in [1.807, 2.05) is 0 Å². The van der Waals surface area contributed by atoms with E-state index in [1.54, 1.807) is 18.2 Å². The van der Waals surface area contributed by atoms with Crippen molar-refractivity contribution in [1.82, 2.24) is 0 Å². The van der Waals surface area contributed by atoms with Crippen LogP contribution < -0.4 is 10.5 Å². The third-order valence-corrected chi connectivity index (χ3v) is 3.09. The van der Waals surface area contributed by atoms with Crippen LogP contribution in [0, 0.1) is 5.41 Å². The maximum atomic E-state index is 5.91. The zero-order valence-corrected chi connectivity index (χ0v) is 11.3. The first kappa shape index (κ1) is 13.6. The van der Waals surface area contributed by atoms with Gasteiger partial charge in [0.1, 0.15) is 11.9 Å². The van der Waals surface area contributed by atoms with Crippen molar-refractivity contribution in [3.05, 3.63) is 28.2 Å². The molecule has 1 aromatic rings. The molecule has 0 aliphatic rings. The number of hydrogen-bond donors (Lipinski definition) is 1. The molecule has 0 amide bonds. The summed E-state index contributed by atoms with van der Waals surface area (Å²) in [5.74, 6) is 0.694. The van der Waals surface area contributed by atoms with Crippen LogP contribution in [0.25, 0.3) is 0 Å². The molecule has 1 atom stereocenters. The Hall–Kier alpha value is -0.440. The van der Waals surface area contributed by atoms with E-state index in [4.69, 9.17) is 33.7 Å². The quantitative estimate of drug-likeness (QED) is 0.900. The molecule has 1 rings (SSSR count). The van der Waals surface area contributed by atoms with Gasteiger partial charge in [-0.3, -0.25) is 0 Å². The fourth-order valence-electron chi connectivity index (χ4n) is 1.29. The topological polar surface area (TPSA) is 35.2 Å². The van der Waals surface area contributed by atoms with Crippen molar-refractivity contribution in [2.24, 2.45) is 11.1 Å². The molecule has 0 spiro atoms. The summed E-state index contributed by atoms with van der Waals surface area (Å²) in [6.45, 7) is 6.72. The summed E-state index contributed by atoms with van der Waals surface area (Å²) in [5, 5.41) is 1.01. The minimum atomic E-state index is -0.0512. The van der Waals surface area contributed by atoms with Gasteiger partial charge in [0, 0.05) is 18.0 Å². The minimum absolute atomic E-state index is 0.0130. The molecule has 2 nitrogen and oxygen atoms in total. The summed E-state index contributed by atoms with van der Waals surface area (Å²) in [6, 6.07) is 5.22. The van der Waals surface area contributed by atoms with Crippen LogP contribution in [0.5, 0.6) is 5.75 Å². The zero-order chi connectivity index (χ0) is 12.3. The summed E-state index contributed by atoms with van der Waals surface area (Å²) in [4.78, 5) is 0. The van der Waals surface area contributed by atoms with Crippen LogP contribution in [0.1, 0.15) is 20.8 Å². The van der Waals surface area contributed by atoms with Crippen LogP contribution in [0.2, 0.25) is 10.0 Å². The zero-order valence-electron chi connectivity index (χ0n) is 9.76. The lowest BCUT2D eigenvalue weighted by Gasteiger charge is -2.30. The second kappa shape index (κ2) is 5.26. The number of nitrogens with two attached hydrogens (primary N) is 1. The summed E-state index contributed by atoms with van der Waals surface area (Å²) >= 11 is 11.7. The van der Waals surface area contributed by atoms with Gasteiger partial charge in [0.25, 0.3) is 0 Å². The lowest BCUT2D eigenvalue weighted by atomic mass is 9.89. The first-order valence-electron chi connectivity index (χ1n) is 5.16. The number of benzene rings is 1. The second-order valence-corrected chi connectivity index (χ2v) is 5.60. The van der Waals surface area contributed by atoms with Crippen molar-refractivity contribution in [1.29, 1.82) is 0 Å². The molecule has 0 fully saturated rings. The van der Waals surface area contributed by atoms with Crippen LogP contribution in [0.15, 0.2) is 18.2 Å². The van der Waals surface area contributed by atoms with E-state index in [9.17, 15) is 0 Å². The molecule has 0 bridgehead atoms. The van der Waals surface area contributed by atoms with E-state index in [2.05, 4.69) is 20.8 Å². The molecule has 0 heterocycles. The SMILES string of the molecule is CC(C)(C)C(CN)Oc1ccc(Cl)c(Cl)c1. The van der Waals surface area contributed by atoms with Crippen molar-refractivity contribution >= 4 is 23.2 Å². The normalized spacial score (nSPS) is 13.6. The Morgan fingerprint density at radius 3 is 2.31 bits per heavy atom. The molecule has 1 unspecified atom stereocenters. The molecule has 90 valence electrons. The Morgan fingerprint density at radius 2 is 1.88 bits per heavy atom. The predicted octanol–water partition coefficient (Wildman–Crippen LogP) is 3.75. The van der Waals surface area contributed by atoms with Crippen molar-refractivity contribution in [2.45, 2.75) is 26.9 Å². The van der Waals surface area contributed by atoms with Gasteiger partial charge >= 0.3 is 0 Å². The van der Waals surface area contributed by atoms with Crippen molar-refractivity contribution < 1.29 is 4.74 Å². The second-order valence-electron chi connectivity index (χ2n) is 4.78. The molecule has 1 aromatic carbocycles. The monoisotopic (exact) mass is 261 g/mol. The summed E-state index contributed by atoms with van der Waals surface area (Å²) in [6.07, 6.45) is -0.0512. The first-order chi connectivity index (χ1) is 7.34. The van der Waals surface area contributed by atoms with E-state index in [0.717, 1.165) is 0 Å². The molecular weight excluding hydrogens is 245 g/mol. The average molecular weight is 262 g/mol. The first-order valence-corrected chi connectivity index (χ1v) is 5.92. The van der Waals surface area contributed by atoms with Crippen LogP contribution in [0.4, 0.5) is 0 Å². The Balaban J connectivity index is 2.83. The highest BCUT2D eigenvalue weighted by Gasteiger charge is 2.25. The van der Waals surface area contributed by atoms with Gasteiger partial charge < -0.3 is 10.5 Å². The molecule has 0 aliphatic heterocycles. The van der Waals surface area contributed by atoms with Gasteiger partial charge in [-0.1, -0.05) is 44.0 Å². The van der Waals surface area contributed by atoms with Crippen LogP contribution in [-0.4, -0.2) is 12.6 Å². The van der Waals surface area contributed by atoms with Gasteiger partial charge in [-0.15, -0.1) is 0 Å². The van der Waals surface area contributed by atoms with E-state index in [0.29, 0.717) is 22.3 Å². The molecule has 0 aromatic heterocycles. The van der Waals surface area contributed by atoms with E-state index in [1.165, 1.54) is 0 Å². The van der Waals surface area contributed by atoms with Crippen molar-refractivity contribution in [2.75, 3.05) is 6.54 Å². The molecule has 0 saturated carbocycles. The largest absolute Gasteiger partial charge is 0.489 e. The van der Waals surface area contributed by atoms with Crippen LogP contribution >= 0.6 is 23.2 Å². The third-order valence-electron chi connectivity index (χ3n) is 2.35. The molecule has 0 aliphatic carbocycles. The number of rotatable bonds is 3. The van der Waals surface area contributed by atoms with Gasteiger partial charge in [0.2, 0.25) is 0 Å². The van der Waals surface area contributed by atoms with Crippen LogP contribution in [0.3, 0.4) is 0 Å². The molecular formula is C12H17Cl2NO. The van der Waals surface area contributed by atoms with Crippen LogP contribution in [-0.2, 0) is 0 Å². The lowest BCUT2D eigenvalue weighted by Crippen LogP contribution is -2.38. The standard InChI is InChI=1S/C12H17Cl2NO/c1-12(2,3)11(7-15)16-8-4-5-9(13)10(14)6-8/h4-6,11H,7,15H2,1-3H3. The average Bonchev–Trinajstić information content (AvgIpc) is 2.18. The van der Waals surface area contributed by atoms with Gasteiger partial charge in [-0.2, -0.15) is 0 Å². The van der Waals surface area contributed by atoms with Crippen molar-refractivity contribution in [3.63, 3.8) is 0 Å². The maximum Gasteiger partial charge on any atom is 0.121 e. The fourth-order valence-corrected chi connectivity index (χ4v) is 1.58. The van der Waals surface area contributed by atoms with Crippen molar-refractivity contribution in [3.8, 4) is 5.75 Å². The molecule has 0 radical (unpaired) electrons. The predicted molar refractivity (Wildman–Crippen MR) is 69.4 cm³/mol. The van der Waals surface area contributed by atoms with Gasteiger partial charge in [-0.05, 0) is 12.1 Å². The maximum absolute atomic E-state index is 5.91. The van der Waals surface area contributed by atoms with E-state index < -0.39 is 0 Å². The fraction of sp³-hybridized carbons (Fsp3) is 0.500. The van der Waals surface area contributed by atoms with Gasteiger partial charge in [0.15, 0.2) is 0 Å². The number of hydrogen-bond acceptors (Lipinski definition) is 2. The molecule has 2 N–H and O–H groups in total. The van der Waals surface area contributed by atoms with E-state index >= 15 is 0 Å². The van der Waals surface area contributed by atoms with E-state index in [-0.39, 0.29) is 11.5 Å². The molecule has 4 heteroatoms. The smallest absolute Gasteiger partial charge is 0.121 e. The highest BCUT2D eigenvalue weighted by atomic mass is 35.5.